The summed E-state index contributed by atoms with van der Waals surface area (Å²) in [6.45, 7) is -0.539. The van der Waals surface area contributed by atoms with Crippen LogP contribution in [-0.2, 0) is 31.6 Å². The van der Waals surface area contributed by atoms with Crippen molar-refractivity contribution in [2.45, 2.75) is 24.3 Å². The van der Waals surface area contributed by atoms with Gasteiger partial charge in [-0.05, 0) is 13.0 Å². The average molecular weight is 496 g/mol. The molecule has 1 aliphatic heterocycles. The second-order valence-corrected chi connectivity index (χ2v) is 10.8. The molecule has 1 aliphatic rings. The molecule has 0 aromatic carbocycles. The maximum absolute atomic E-state index is 12.0. The minimum Gasteiger partial charge on any atom is -0.383 e. The first-order valence-corrected chi connectivity index (χ1v) is 12.2. The van der Waals surface area contributed by atoms with E-state index in [1.165, 1.54) is 19.2 Å². The van der Waals surface area contributed by atoms with Gasteiger partial charge in [-0.3, -0.25) is 9.09 Å². The summed E-state index contributed by atoms with van der Waals surface area (Å²) < 4.78 is 51.6. The predicted octanol–water partition coefficient (Wildman–Crippen LogP) is -1.85. The number of nitrogens with two attached hydrogens (primary N) is 2. The van der Waals surface area contributed by atoms with Crippen molar-refractivity contribution in [2.75, 3.05) is 18.9 Å². The monoisotopic (exact) mass is 496 g/mol. The third-order valence-electron chi connectivity index (χ3n) is 3.98. The van der Waals surface area contributed by atoms with Crippen LogP contribution in [0.2, 0.25) is 0 Å². The third-order valence-corrected chi connectivity index (χ3v) is 7.76. The number of nitrogen functional groups attached to an aromatic ring is 1. The molecule has 2 heterocycles. The van der Waals surface area contributed by atoms with Gasteiger partial charge in [-0.25, -0.2) is 18.5 Å². The quantitative estimate of drug-likeness (QED) is 0.194. The van der Waals surface area contributed by atoms with Gasteiger partial charge in [0.05, 0.1) is 18.8 Å². The van der Waals surface area contributed by atoms with Crippen LogP contribution in [0.3, 0.4) is 0 Å². The molecule has 0 bridgehead atoms. The van der Waals surface area contributed by atoms with E-state index in [4.69, 9.17) is 30.9 Å². The van der Waals surface area contributed by atoms with Crippen molar-refractivity contribution in [2.24, 2.45) is 5.73 Å². The smallest absolute Gasteiger partial charge is 0.383 e. The number of ether oxygens (including phenoxy) is 1. The molecule has 2 rings (SSSR count). The van der Waals surface area contributed by atoms with Gasteiger partial charge in [-0.2, -0.15) is 13.6 Å². The standard InChI is InChI=1S/C10H19N4O13P3/c1-9(12)7(14-3-2-6(11)13-8(14)15)24-4-10(9,16)5-25-29(20,21)27-30(22,23)26-28(17,18)19/h2-3,7,16H,4-5,12H2,1H3,(H,20,21)(H,22,23)(H2,11,13,15)(H2,17,18,19). The molecular weight excluding hydrogens is 477 g/mol. The van der Waals surface area contributed by atoms with Crippen LogP contribution in [0.5, 0.6) is 0 Å². The minimum absolute atomic E-state index is 0.0871. The Hall–Kier alpha value is -1.03. The summed E-state index contributed by atoms with van der Waals surface area (Å²) in [6, 6.07) is 1.25. The fourth-order valence-corrected chi connectivity index (χ4v) is 5.51. The van der Waals surface area contributed by atoms with Crippen LogP contribution >= 0.6 is 23.5 Å². The van der Waals surface area contributed by atoms with Crippen LogP contribution in [0.4, 0.5) is 5.82 Å². The van der Waals surface area contributed by atoms with Gasteiger partial charge in [0.1, 0.15) is 11.4 Å². The van der Waals surface area contributed by atoms with Gasteiger partial charge in [0, 0.05) is 6.20 Å². The number of phosphoric acid groups is 3. The number of rotatable bonds is 8. The van der Waals surface area contributed by atoms with E-state index in [1.807, 2.05) is 0 Å². The highest BCUT2D eigenvalue weighted by atomic mass is 31.3. The van der Waals surface area contributed by atoms with E-state index < -0.39 is 59.7 Å². The van der Waals surface area contributed by atoms with Crippen LogP contribution in [0.25, 0.3) is 0 Å². The van der Waals surface area contributed by atoms with E-state index in [9.17, 15) is 28.5 Å². The van der Waals surface area contributed by atoms with Crippen molar-refractivity contribution in [1.82, 2.24) is 9.55 Å². The van der Waals surface area contributed by atoms with Crippen LogP contribution < -0.4 is 17.2 Å². The molecule has 1 aromatic rings. The number of aromatic nitrogens is 2. The predicted molar refractivity (Wildman–Crippen MR) is 95.3 cm³/mol. The van der Waals surface area contributed by atoms with Crippen LogP contribution in [-0.4, -0.2) is 58.6 Å². The van der Waals surface area contributed by atoms with Crippen molar-refractivity contribution < 1.29 is 56.3 Å². The van der Waals surface area contributed by atoms with E-state index in [0.29, 0.717) is 0 Å². The normalized spacial score (nSPS) is 31.2. The summed E-state index contributed by atoms with van der Waals surface area (Å²) in [5, 5.41) is 10.7. The van der Waals surface area contributed by atoms with E-state index in [1.54, 1.807) is 0 Å². The van der Waals surface area contributed by atoms with Gasteiger partial charge >= 0.3 is 29.2 Å². The summed E-state index contributed by atoms with van der Waals surface area (Å²) >= 11 is 0. The van der Waals surface area contributed by atoms with Gasteiger partial charge in [0.25, 0.3) is 0 Å². The lowest BCUT2D eigenvalue weighted by Crippen LogP contribution is -2.62. The Balaban J connectivity index is 2.16. The van der Waals surface area contributed by atoms with Gasteiger partial charge in [0.15, 0.2) is 6.23 Å². The molecule has 1 aromatic heterocycles. The van der Waals surface area contributed by atoms with Gasteiger partial charge in [-0.1, -0.05) is 0 Å². The number of hydrogen-bond acceptors (Lipinski definition) is 12. The molecule has 0 saturated carbocycles. The maximum Gasteiger partial charge on any atom is 0.490 e. The lowest BCUT2D eigenvalue weighted by Gasteiger charge is -2.37. The molecule has 0 aliphatic carbocycles. The van der Waals surface area contributed by atoms with Gasteiger partial charge in [0.2, 0.25) is 0 Å². The van der Waals surface area contributed by atoms with Crippen molar-refractivity contribution in [1.29, 1.82) is 0 Å². The highest BCUT2D eigenvalue weighted by Crippen LogP contribution is 2.66. The highest BCUT2D eigenvalue weighted by molar-refractivity contribution is 7.66. The Morgan fingerprint density at radius 2 is 1.87 bits per heavy atom. The third kappa shape index (κ3) is 5.81. The average Bonchev–Trinajstić information content (AvgIpc) is 2.73. The first-order valence-electron chi connectivity index (χ1n) is 7.63. The first-order chi connectivity index (χ1) is 13.4. The van der Waals surface area contributed by atoms with Gasteiger partial charge < -0.3 is 40.9 Å². The zero-order valence-electron chi connectivity index (χ0n) is 15.0. The summed E-state index contributed by atoms with van der Waals surface area (Å²) in [6.07, 6.45) is -0.137. The van der Waals surface area contributed by atoms with E-state index in [-0.39, 0.29) is 5.82 Å². The molecule has 1 saturated heterocycles. The van der Waals surface area contributed by atoms with Crippen molar-refractivity contribution >= 4 is 29.3 Å². The Morgan fingerprint density at radius 1 is 1.27 bits per heavy atom. The van der Waals surface area contributed by atoms with Crippen LogP contribution in [0, 0.1) is 0 Å². The topological polar surface area (TPSA) is 276 Å². The summed E-state index contributed by atoms with van der Waals surface area (Å²) in [5.41, 5.74) is 6.49. The molecule has 17 nitrogen and oxygen atoms in total. The SMILES string of the molecule is CC1(N)C(n2ccc(N)nc2=O)OCC1(O)COP(=O)(O)OP(=O)(O)OP(=O)(O)O. The fourth-order valence-electron chi connectivity index (χ4n) is 2.44. The number of aliphatic hydroxyl groups is 1. The van der Waals surface area contributed by atoms with Crippen LogP contribution in [0.1, 0.15) is 13.2 Å². The first kappa shape index (κ1) is 25.2. The second kappa shape index (κ2) is 8.15. The molecule has 0 amide bonds. The Labute approximate surface area is 167 Å². The van der Waals surface area contributed by atoms with Crippen molar-refractivity contribution in [3.05, 3.63) is 22.7 Å². The molecule has 9 N–H and O–H groups in total. The molecule has 20 heteroatoms. The largest absolute Gasteiger partial charge is 0.490 e. The second-order valence-electron chi connectivity index (χ2n) is 6.38. The molecule has 5 unspecified atom stereocenters. The Kier molecular flexibility index (Phi) is 6.85. The number of hydrogen-bond donors (Lipinski definition) is 7. The van der Waals surface area contributed by atoms with Crippen molar-refractivity contribution in [3.8, 4) is 0 Å². The summed E-state index contributed by atoms with van der Waals surface area (Å²) in [4.78, 5) is 51.1. The number of phosphoric ester groups is 1. The highest BCUT2D eigenvalue weighted by Gasteiger charge is 2.58. The van der Waals surface area contributed by atoms with E-state index in [0.717, 1.165) is 4.57 Å². The Bertz CT molecular complexity index is 1010. The lowest BCUT2D eigenvalue weighted by atomic mass is 9.84. The number of anilines is 1. The maximum atomic E-state index is 12.0. The zero-order chi connectivity index (χ0) is 23.2. The molecule has 5 atom stereocenters. The molecule has 1 fully saturated rings. The minimum atomic E-state index is -5.73. The molecular formula is C10H19N4O13P3. The van der Waals surface area contributed by atoms with Crippen LogP contribution in [0.15, 0.2) is 17.1 Å². The van der Waals surface area contributed by atoms with E-state index in [2.05, 4.69) is 18.1 Å². The molecule has 0 radical (unpaired) electrons. The Morgan fingerprint density at radius 3 is 2.40 bits per heavy atom. The molecule has 30 heavy (non-hydrogen) atoms. The summed E-state index contributed by atoms with van der Waals surface area (Å²) in [7, 11) is -16.8. The zero-order valence-corrected chi connectivity index (χ0v) is 17.7. The number of nitrogens with zero attached hydrogens (tertiary/aromatic N) is 2. The fraction of sp³-hybridized carbons (Fsp3) is 0.600. The van der Waals surface area contributed by atoms with Crippen molar-refractivity contribution in [3.63, 3.8) is 0 Å². The lowest BCUT2D eigenvalue weighted by molar-refractivity contribution is -0.0495. The summed E-state index contributed by atoms with van der Waals surface area (Å²) in [5.74, 6) is -0.0871. The molecule has 0 spiro atoms. The molecule has 172 valence electrons. The van der Waals surface area contributed by atoms with Gasteiger partial charge in [-0.15, -0.1) is 0 Å². The van der Waals surface area contributed by atoms with E-state index >= 15 is 0 Å².